The van der Waals surface area contributed by atoms with Crippen molar-refractivity contribution in [2.24, 2.45) is 0 Å². The van der Waals surface area contributed by atoms with Crippen molar-refractivity contribution in [1.82, 2.24) is 0 Å². The number of carbonyl (C=O) groups is 1. The van der Waals surface area contributed by atoms with Crippen LogP contribution in [-0.2, 0) is 4.79 Å². The largest absolute Gasteiger partial charge is 0.480 e. The quantitative estimate of drug-likeness (QED) is 0.816. The van der Waals surface area contributed by atoms with Crippen LogP contribution in [0.3, 0.4) is 0 Å². The van der Waals surface area contributed by atoms with Gasteiger partial charge in [-0.05, 0) is 24.6 Å². The Balaban J connectivity index is 2.97. The molecule has 0 aliphatic carbocycles. The van der Waals surface area contributed by atoms with Crippen LogP contribution in [0.1, 0.15) is 18.9 Å². The van der Waals surface area contributed by atoms with Crippen LogP contribution in [0.25, 0.3) is 0 Å². The molecular formula is C11H11FN2O2. The minimum Gasteiger partial charge on any atom is -0.480 e. The summed E-state index contributed by atoms with van der Waals surface area (Å²) < 4.78 is 12.8. The van der Waals surface area contributed by atoms with Crippen LogP contribution in [-0.4, -0.2) is 17.1 Å². The smallest absolute Gasteiger partial charge is 0.326 e. The second-order valence-corrected chi connectivity index (χ2v) is 3.25. The monoisotopic (exact) mass is 222 g/mol. The number of rotatable bonds is 4. The highest BCUT2D eigenvalue weighted by atomic mass is 19.1. The van der Waals surface area contributed by atoms with E-state index in [1.54, 1.807) is 6.92 Å². The molecule has 0 aromatic heterocycles. The normalized spacial score (nSPS) is 11.6. The zero-order chi connectivity index (χ0) is 12.1. The minimum atomic E-state index is -1.00. The number of halogens is 1. The first-order valence-electron chi connectivity index (χ1n) is 4.77. The van der Waals surface area contributed by atoms with E-state index in [9.17, 15) is 9.18 Å². The number of nitrogens with one attached hydrogen (secondary N) is 1. The molecule has 5 heteroatoms. The van der Waals surface area contributed by atoms with Crippen molar-refractivity contribution in [2.45, 2.75) is 19.4 Å². The predicted octanol–water partition coefficient (Wildman–Crippen LogP) is 1.97. The van der Waals surface area contributed by atoms with Crippen LogP contribution in [0.5, 0.6) is 0 Å². The van der Waals surface area contributed by atoms with Crippen LogP contribution in [0, 0.1) is 17.1 Å². The minimum absolute atomic E-state index is 0.0969. The molecule has 0 aliphatic heterocycles. The maximum Gasteiger partial charge on any atom is 0.326 e. The number of hydrogen-bond donors (Lipinski definition) is 2. The Hall–Kier alpha value is -2.09. The summed E-state index contributed by atoms with van der Waals surface area (Å²) in [5.41, 5.74) is 0.429. The third-order valence-electron chi connectivity index (χ3n) is 2.14. The van der Waals surface area contributed by atoms with Gasteiger partial charge in [-0.25, -0.2) is 9.18 Å². The van der Waals surface area contributed by atoms with Crippen LogP contribution in [0.15, 0.2) is 18.2 Å². The number of aliphatic carboxylic acids is 1. The van der Waals surface area contributed by atoms with Crippen molar-refractivity contribution in [3.8, 4) is 6.07 Å². The zero-order valence-electron chi connectivity index (χ0n) is 8.70. The first-order valence-corrected chi connectivity index (χ1v) is 4.77. The molecule has 0 saturated heterocycles. The van der Waals surface area contributed by atoms with Crippen LogP contribution in [0.4, 0.5) is 10.1 Å². The van der Waals surface area contributed by atoms with Crippen LogP contribution >= 0.6 is 0 Å². The van der Waals surface area contributed by atoms with E-state index >= 15 is 0 Å². The Morgan fingerprint density at radius 1 is 1.69 bits per heavy atom. The lowest BCUT2D eigenvalue weighted by molar-refractivity contribution is -0.137. The van der Waals surface area contributed by atoms with Crippen molar-refractivity contribution in [1.29, 1.82) is 5.26 Å². The molecule has 2 N–H and O–H groups in total. The second-order valence-electron chi connectivity index (χ2n) is 3.25. The average molecular weight is 222 g/mol. The summed E-state index contributed by atoms with van der Waals surface area (Å²) >= 11 is 0. The van der Waals surface area contributed by atoms with E-state index in [2.05, 4.69) is 5.32 Å². The molecule has 0 saturated carbocycles. The number of benzene rings is 1. The van der Waals surface area contributed by atoms with E-state index in [0.717, 1.165) is 6.07 Å². The summed E-state index contributed by atoms with van der Waals surface area (Å²) in [5, 5.41) is 20.3. The van der Waals surface area contributed by atoms with Gasteiger partial charge in [0.25, 0.3) is 0 Å². The fourth-order valence-corrected chi connectivity index (χ4v) is 1.26. The molecule has 1 atom stereocenters. The molecule has 0 fully saturated rings. The van der Waals surface area contributed by atoms with Gasteiger partial charge >= 0.3 is 5.97 Å². The van der Waals surface area contributed by atoms with E-state index < -0.39 is 17.8 Å². The molecule has 4 nitrogen and oxygen atoms in total. The Kier molecular flexibility index (Phi) is 3.84. The van der Waals surface area contributed by atoms with Gasteiger partial charge < -0.3 is 10.4 Å². The van der Waals surface area contributed by atoms with Crippen molar-refractivity contribution >= 4 is 11.7 Å². The molecular weight excluding hydrogens is 211 g/mol. The molecule has 0 heterocycles. The summed E-state index contributed by atoms with van der Waals surface area (Å²) in [6.07, 6.45) is 0.373. The highest BCUT2D eigenvalue weighted by Gasteiger charge is 2.16. The summed E-state index contributed by atoms with van der Waals surface area (Å²) in [6, 6.07) is 4.63. The third kappa shape index (κ3) is 2.70. The lowest BCUT2D eigenvalue weighted by Gasteiger charge is -2.14. The van der Waals surface area contributed by atoms with Gasteiger partial charge in [0.05, 0.1) is 11.3 Å². The lowest BCUT2D eigenvalue weighted by Crippen LogP contribution is -2.28. The zero-order valence-corrected chi connectivity index (χ0v) is 8.70. The second kappa shape index (κ2) is 5.12. The topological polar surface area (TPSA) is 73.1 Å². The molecule has 1 aromatic carbocycles. The number of nitrogens with zero attached hydrogens (tertiary/aromatic N) is 1. The van der Waals surface area contributed by atoms with Gasteiger partial charge in [-0.15, -0.1) is 0 Å². The maximum atomic E-state index is 12.8. The Labute approximate surface area is 92.3 Å². The number of nitriles is 1. The van der Waals surface area contributed by atoms with Gasteiger partial charge in [0.15, 0.2) is 0 Å². The van der Waals surface area contributed by atoms with Crippen molar-refractivity contribution in [3.05, 3.63) is 29.6 Å². The lowest BCUT2D eigenvalue weighted by atomic mass is 10.1. The first kappa shape index (κ1) is 12.0. The molecule has 84 valence electrons. The number of carboxylic acid groups (broad SMARTS) is 1. The molecule has 16 heavy (non-hydrogen) atoms. The molecule has 0 amide bonds. The molecule has 0 aliphatic rings. The molecule has 0 radical (unpaired) electrons. The van der Waals surface area contributed by atoms with Gasteiger partial charge in [-0.2, -0.15) is 5.26 Å². The summed E-state index contributed by atoms with van der Waals surface area (Å²) in [4.78, 5) is 10.8. The highest BCUT2D eigenvalue weighted by molar-refractivity contribution is 5.78. The highest BCUT2D eigenvalue weighted by Crippen LogP contribution is 2.17. The molecule has 1 rings (SSSR count). The van der Waals surface area contributed by atoms with Crippen molar-refractivity contribution in [3.63, 3.8) is 0 Å². The van der Waals surface area contributed by atoms with Crippen LogP contribution < -0.4 is 5.32 Å². The summed E-state index contributed by atoms with van der Waals surface area (Å²) in [7, 11) is 0. The van der Waals surface area contributed by atoms with E-state index in [1.807, 2.05) is 6.07 Å². The SMILES string of the molecule is CCC(Nc1ccc(F)cc1C#N)C(=O)O. The summed E-state index contributed by atoms with van der Waals surface area (Å²) in [6.45, 7) is 1.71. The molecule has 0 bridgehead atoms. The summed E-state index contributed by atoms with van der Waals surface area (Å²) in [5.74, 6) is -1.53. The standard InChI is InChI=1S/C11H11FN2O2/c1-2-9(11(15)16)14-10-4-3-8(12)5-7(10)6-13/h3-5,9,14H,2H2,1H3,(H,15,16). The number of carboxylic acids is 1. The van der Waals surface area contributed by atoms with Gasteiger partial charge in [-0.3, -0.25) is 0 Å². The average Bonchev–Trinajstić information content (AvgIpc) is 2.26. The van der Waals surface area contributed by atoms with Gasteiger partial charge in [-0.1, -0.05) is 6.92 Å². The fraction of sp³-hybridized carbons (Fsp3) is 0.273. The van der Waals surface area contributed by atoms with Gasteiger partial charge in [0.1, 0.15) is 17.9 Å². The van der Waals surface area contributed by atoms with E-state index in [1.165, 1.54) is 12.1 Å². The van der Waals surface area contributed by atoms with Gasteiger partial charge in [0.2, 0.25) is 0 Å². The third-order valence-corrected chi connectivity index (χ3v) is 2.14. The van der Waals surface area contributed by atoms with Crippen LogP contribution in [0.2, 0.25) is 0 Å². The molecule has 0 spiro atoms. The molecule has 1 aromatic rings. The van der Waals surface area contributed by atoms with E-state index in [-0.39, 0.29) is 5.56 Å². The Morgan fingerprint density at radius 3 is 2.88 bits per heavy atom. The van der Waals surface area contributed by atoms with Gasteiger partial charge in [0, 0.05) is 0 Å². The number of hydrogen-bond acceptors (Lipinski definition) is 3. The van der Waals surface area contributed by atoms with E-state index in [4.69, 9.17) is 10.4 Å². The predicted molar refractivity (Wildman–Crippen MR) is 56.5 cm³/mol. The maximum absolute atomic E-state index is 12.8. The van der Waals surface area contributed by atoms with E-state index in [0.29, 0.717) is 12.1 Å². The fourth-order valence-electron chi connectivity index (χ4n) is 1.26. The molecule has 1 unspecified atom stereocenters. The Bertz CT molecular complexity index is 440. The first-order chi connectivity index (χ1) is 7.58. The number of anilines is 1. The van der Waals surface area contributed by atoms with Crippen molar-refractivity contribution in [2.75, 3.05) is 5.32 Å². The van der Waals surface area contributed by atoms with Crippen molar-refractivity contribution < 1.29 is 14.3 Å². The Morgan fingerprint density at radius 2 is 2.38 bits per heavy atom.